The molecule has 0 saturated heterocycles. The Labute approximate surface area is 178 Å². The van der Waals surface area contributed by atoms with E-state index in [4.69, 9.17) is 0 Å². The zero-order chi connectivity index (χ0) is 21.7. The average Bonchev–Trinajstić information content (AvgIpc) is 2.62. The number of hydrogen-bond acceptors (Lipinski definition) is 5. The summed E-state index contributed by atoms with van der Waals surface area (Å²) in [4.78, 5) is 12.2. The maximum Gasteiger partial charge on any atom is 0.224 e. The van der Waals surface area contributed by atoms with E-state index in [1.165, 1.54) is 24.6 Å². The molecule has 1 atom stereocenters. The van der Waals surface area contributed by atoms with E-state index in [-0.39, 0.29) is 29.5 Å². The molecule has 0 aromatic heterocycles. The molecular formula is C24H32N2O4. The Balaban J connectivity index is 1.54. The van der Waals surface area contributed by atoms with Crippen LogP contribution in [0, 0.1) is 0 Å². The van der Waals surface area contributed by atoms with Crippen molar-refractivity contribution in [2.45, 2.75) is 63.6 Å². The summed E-state index contributed by atoms with van der Waals surface area (Å²) in [6.45, 7) is 4.38. The van der Waals surface area contributed by atoms with Crippen LogP contribution in [0.4, 0.5) is 0 Å². The van der Waals surface area contributed by atoms with Crippen LogP contribution in [0.15, 0.2) is 42.5 Å². The quantitative estimate of drug-likeness (QED) is 0.436. The van der Waals surface area contributed by atoms with Gasteiger partial charge in [0.25, 0.3) is 0 Å². The van der Waals surface area contributed by atoms with Gasteiger partial charge in [0, 0.05) is 24.2 Å². The van der Waals surface area contributed by atoms with Gasteiger partial charge in [0.1, 0.15) is 11.5 Å². The number of amides is 1. The molecule has 1 unspecified atom stereocenters. The van der Waals surface area contributed by atoms with Gasteiger partial charge in [-0.05, 0) is 68.4 Å². The molecule has 1 fully saturated rings. The highest BCUT2D eigenvalue weighted by Crippen LogP contribution is 2.25. The number of aliphatic hydroxyl groups excluding tert-OH is 1. The topological polar surface area (TPSA) is 102 Å². The maximum absolute atomic E-state index is 12.2. The van der Waals surface area contributed by atoms with E-state index in [0.29, 0.717) is 18.0 Å². The van der Waals surface area contributed by atoms with E-state index in [1.54, 1.807) is 0 Å². The third kappa shape index (κ3) is 6.47. The Kier molecular flexibility index (Phi) is 7.00. The minimum Gasteiger partial charge on any atom is -0.508 e. The second-order valence-electron chi connectivity index (χ2n) is 8.93. The van der Waals surface area contributed by atoms with Crippen molar-refractivity contribution in [3.63, 3.8) is 0 Å². The number of rotatable bonds is 9. The van der Waals surface area contributed by atoms with E-state index in [2.05, 4.69) is 30.5 Å². The first-order valence-electron chi connectivity index (χ1n) is 10.5. The Bertz CT molecular complexity index is 857. The first-order valence-corrected chi connectivity index (χ1v) is 10.5. The number of benzene rings is 2. The second kappa shape index (κ2) is 9.49. The number of aromatic hydroxyl groups is 2. The van der Waals surface area contributed by atoms with E-state index < -0.39 is 6.10 Å². The molecule has 0 spiro atoms. The predicted molar refractivity (Wildman–Crippen MR) is 116 cm³/mol. The molecule has 1 saturated carbocycles. The van der Waals surface area contributed by atoms with Crippen LogP contribution in [0.1, 0.15) is 55.9 Å². The van der Waals surface area contributed by atoms with Crippen molar-refractivity contribution in [3.8, 4) is 11.5 Å². The minimum atomic E-state index is -0.858. The molecule has 2 aromatic carbocycles. The van der Waals surface area contributed by atoms with Crippen LogP contribution in [0.3, 0.4) is 0 Å². The largest absolute Gasteiger partial charge is 0.508 e. The molecule has 0 aliphatic heterocycles. The van der Waals surface area contributed by atoms with Gasteiger partial charge in [0.2, 0.25) is 5.91 Å². The lowest BCUT2D eigenvalue weighted by molar-refractivity contribution is -0.121. The molecule has 1 aliphatic carbocycles. The van der Waals surface area contributed by atoms with Gasteiger partial charge in [-0.3, -0.25) is 4.79 Å². The number of carbonyl (C=O) groups excluding carboxylic acids is 1. The summed E-state index contributed by atoms with van der Waals surface area (Å²) < 4.78 is 0. The van der Waals surface area contributed by atoms with E-state index in [0.717, 1.165) is 30.4 Å². The Morgan fingerprint density at radius 2 is 1.77 bits per heavy atom. The van der Waals surface area contributed by atoms with Crippen molar-refractivity contribution in [2.24, 2.45) is 0 Å². The number of phenolic OH excluding ortho intramolecular Hbond substituents is 2. The standard InChI is InChI=1S/C24H32N2O4/c1-24(2,25-15-22(29)18-11-20(27)13-21(28)12-18)14-17-6-3-5-16(9-17)10-23(30)26-19-7-4-8-19/h3,5-6,9,11-13,19,22,25,27-29H,4,7-8,10,14-15H2,1-2H3,(H,26,30). The summed E-state index contributed by atoms with van der Waals surface area (Å²) >= 11 is 0. The summed E-state index contributed by atoms with van der Waals surface area (Å²) in [5.41, 5.74) is 2.27. The highest BCUT2D eigenvalue weighted by Gasteiger charge is 2.22. The van der Waals surface area contributed by atoms with Gasteiger partial charge in [0.05, 0.1) is 12.5 Å². The van der Waals surface area contributed by atoms with Gasteiger partial charge in [-0.1, -0.05) is 24.3 Å². The molecule has 0 heterocycles. The zero-order valence-electron chi connectivity index (χ0n) is 17.7. The van der Waals surface area contributed by atoms with Crippen molar-refractivity contribution in [3.05, 3.63) is 59.2 Å². The van der Waals surface area contributed by atoms with Gasteiger partial charge in [-0.25, -0.2) is 0 Å². The van der Waals surface area contributed by atoms with Gasteiger partial charge in [-0.15, -0.1) is 0 Å². The number of aliphatic hydroxyl groups is 1. The lowest BCUT2D eigenvalue weighted by atomic mass is 9.92. The normalized spacial score (nSPS) is 15.4. The zero-order valence-corrected chi connectivity index (χ0v) is 17.7. The van der Waals surface area contributed by atoms with Gasteiger partial charge in [0.15, 0.2) is 0 Å². The molecular weight excluding hydrogens is 380 g/mol. The third-order valence-corrected chi connectivity index (χ3v) is 5.56. The lowest BCUT2D eigenvalue weighted by Crippen LogP contribution is -2.43. The highest BCUT2D eigenvalue weighted by molar-refractivity contribution is 5.79. The fourth-order valence-corrected chi connectivity index (χ4v) is 3.74. The van der Waals surface area contributed by atoms with Crippen molar-refractivity contribution >= 4 is 5.91 Å². The highest BCUT2D eigenvalue weighted by atomic mass is 16.3. The fraction of sp³-hybridized carbons (Fsp3) is 0.458. The molecule has 6 nitrogen and oxygen atoms in total. The molecule has 0 bridgehead atoms. The van der Waals surface area contributed by atoms with Crippen molar-refractivity contribution in [1.82, 2.24) is 10.6 Å². The monoisotopic (exact) mass is 412 g/mol. The summed E-state index contributed by atoms with van der Waals surface area (Å²) in [5.74, 6) is -0.0883. The number of phenols is 2. The molecule has 1 aliphatic rings. The lowest BCUT2D eigenvalue weighted by Gasteiger charge is -2.28. The fourth-order valence-electron chi connectivity index (χ4n) is 3.74. The maximum atomic E-state index is 12.2. The van der Waals surface area contributed by atoms with Crippen molar-refractivity contribution in [1.29, 1.82) is 0 Å². The first-order chi connectivity index (χ1) is 14.2. The smallest absolute Gasteiger partial charge is 0.224 e. The van der Waals surface area contributed by atoms with Gasteiger partial charge in [-0.2, -0.15) is 0 Å². The third-order valence-electron chi connectivity index (χ3n) is 5.56. The predicted octanol–water partition coefficient (Wildman–Crippen LogP) is 2.95. The molecule has 162 valence electrons. The number of nitrogens with one attached hydrogen (secondary N) is 2. The van der Waals surface area contributed by atoms with Crippen LogP contribution >= 0.6 is 0 Å². The Morgan fingerprint density at radius 3 is 2.40 bits per heavy atom. The van der Waals surface area contributed by atoms with Crippen LogP contribution in [0.2, 0.25) is 0 Å². The van der Waals surface area contributed by atoms with Gasteiger partial charge < -0.3 is 26.0 Å². The minimum absolute atomic E-state index is 0.0757. The van der Waals surface area contributed by atoms with Crippen LogP contribution in [0.5, 0.6) is 11.5 Å². The van der Waals surface area contributed by atoms with E-state index >= 15 is 0 Å². The van der Waals surface area contributed by atoms with Crippen molar-refractivity contribution in [2.75, 3.05) is 6.54 Å². The summed E-state index contributed by atoms with van der Waals surface area (Å²) in [7, 11) is 0. The van der Waals surface area contributed by atoms with Crippen LogP contribution in [-0.2, 0) is 17.6 Å². The first kappa shape index (κ1) is 22.1. The molecule has 30 heavy (non-hydrogen) atoms. The van der Waals surface area contributed by atoms with Crippen LogP contribution in [-0.4, -0.2) is 39.4 Å². The molecule has 6 heteroatoms. The van der Waals surface area contributed by atoms with Crippen molar-refractivity contribution < 1.29 is 20.1 Å². The summed E-state index contributed by atoms with van der Waals surface area (Å²) in [6.07, 6.45) is 3.62. The summed E-state index contributed by atoms with van der Waals surface area (Å²) in [6, 6.07) is 12.5. The Hall–Kier alpha value is -2.57. The number of hydrogen-bond donors (Lipinski definition) is 5. The number of carbonyl (C=O) groups is 1. The molecule has 1 amide bonds. The SMILES string of the molecule is CC(C)(Cc1cccc(CC(=O)NC2CCC2)c1)NCC(O)c1cc(O)cc(O)c1. The molecule has 0 radical (unpaired) electrons. The second-order valence-corrected chi connectivity index (χ2v) is 8.93. The number of β-amino-alcohol motifs (C(OH)–C–C–N with tert-alkyl or cyclic N) is 1. The van der Waals surface area contributed by atoms with E-state index in [1.807, 2.05) is 18.2 Å². The molecule has 3 rings (SSSR count). The Morgan fingerprint density at radius 1 is 1.10 bits per heavy atom. The van der Waals surface area contributed by atoms with Gasteiger partial charge >= 0.3 is 0 Å². The average molecular weight is 413 g/mol. The van der Waals surface area contributed by atoms with E-state index in [9.17, 15) is 20.1 Å². The van der Waals surface area contributed by atoms with Crippen LogP contribution < -0.4 is 10.6 Å². The molecule has 5 N–H and O–H groups in total. The van der Waals surface area contributed by atoms with Crippen LogP contribution in [0.25, 0.3) is 0 Å². The summed E-state index contributed by atoms with van der Waals surface area (Å²) in [5, 5.41) is 36.0. The molecule has 2 aromatic rings.